The highest BCUT2D eigenvalue weighted by molar-refractivity contribution is 5.84. The molecule has 4 rings (SSSR count). The van der Waals surface area contributed by atoms with E-state index in [9.17, 15) is 19.6 Å². The Labute approximate surface area is 240 Å². The number of nitrogens with zero attached hydrogens (tertiary/aromatic N) is 2. The minimum Gasteiger partial charge on any atom is -0.450 e. The van der Waals surface area contributed by atoms with Crippen LogP contribution in [0.3, 0.4) is 0 Å². The molecule has 1 atom stereocenters. The summed E-state index contributed by atoms with van der Waals surface area (Å²) in [5.41, 5.74) is 2.75. The Morgan fingerprint density at radius 3 is 2.51 bits per heavy atom. The summed E-state index contributed by atoms with van der Waals surface area (Å²) < 4.78 is 35.3. The van der Waals surface area contributed by atoms with Gasteiger partial charge in [0.05, 0.1) is 17.8 Å². The molecule has 0 bridgehead atoms. The van der Waals surface area contributed by atoms with Gasteiger partial charge in [-0.05, 0) is 78.8 Å². The number of ether oxygens (including phenoxy) is 1. The van der Waals surface area contributed by atoms with Crippen molar-refractivity contribution in [1.82, 2.24) is 10.2 Å². The summed E-state index contributed by atoms with van der Waals surface area (Å²) in [4.78, 5) is 14.3. The van der Waals surface area contributed by atoms with Crippen molar-refractivity contribution in [2.45, 2.75) is 64.6 Å². The summed E-state index contributed by atoms with van der Waals surface area (Å²) in [6.07, 6.45) is 2.51. The molecule has 1 aliphatic heterocycles. The Hall–Kier alpha value is -3.80. The molecule has 3 aromatic rings. The van der Waals surface area contributed by atoms with Crippen molar-refractivity contribution in [2.75, 3.05) is 19.7 Å². The van der Waals surface area contributed by atoms with Crippen LogP contribution < -0.4 is 5.32 Å². The zero-order valence-electron chi connectivity index (χ0n) is 23.8. The lowest BCUT2D eigenvalue weighted by Crippen LogP contribution is -2.37. The number of halogens is 2. The van der Waals surface area contributed by atoms with Crippen LogP contribution in [0, 0.1) is 23.0 Å². The van der Waals surface area contributed by atoms with Gasteiger partial charge in [-0.15, -0.1) is 0 Å². The highest BCUT2D eigenvalue weighted by atomic mass is 19.1. The fourth-order valence-electron chi connectivity index (χ4n) is 5.19. The van der Waals surface area contributed by atoms with E-state index < -0.39 is 23.3 Å². The second-order valence-corrected chi connectivity index (χ2v) is 11.3. The largest absolute Gasteiger partial charge is 0.450 e. The molecule has 3 aromatic carbocycles. The first-order valence-corrected chi connectivity index (χ1v) is 14.1. The SMILES string of the molecule is CCCCOC(=O)N[C@H]1CCN(Cc2ccc(-c3ccc(CC(C)(C)O)cc3F)c(-c3ccc(C#N)c(F)c3)c2)C1. The molecule has 1 fully saturated rings. The molecule has 0 radical (unpaired) electrons. The molecule has 1 heterocycles. The molecule has 1 saturated heterocycles. The van der Waals surface area contributed by atoms with Crippen molar-refractivity contribution in [3.05, 3.63) is 82.9 Å². The predicted octanol–water partition coefficient (Wildman–Crippen LogP) is 6.58. The number of rotatable bonds is 10. The topological polar surface area (TPSA) is 85.6 Å². The molecule has 41 heavy (non-hydrogen) atoms. The van der Waals surface area contributed by atoms with Gasteiger partial charge in [0.25, 0.3) is 0 Å². The van der Waals surface area contributed by atoms with E-state index in [4.69, 9.17) is 4.74 Å². The number of nitrogens with one attached hydrogen (secondary N) is 1. The molecule has 0 spiro atoms. The van der Waals surface area contributed by atoms with Gasteiger partial charge in [0.1, 0.15) is 17.7 Å². The third-order valence-corrected chi connectivity index (χ3v) is 7.18. The van der Waals surface area contributed by atoms with Crippen LogP contribution in [-0.4, -0.2) is 47.4 Å². The molecule has 0 aliphatic carbocycles. The van der Waals surface area contributed by atoms with E-state index in [1.165, 1.54) is 18.2 Å². The number of benzene rings is 3. The van der Waals surface area contributed by atoms with Crippen LogP contribution in [-0.2, 0) is 17.7 Å². The van der Waals surface area contributed by atoms with Crippen LogP contribution in [0.5, 0.6) is 0 Å². The third-order valence-electron chi connectivity index (χ3n) is 7.18. The molecular formula is C33H37F2N3O3. The Kier molecular flexibility index (Phi) is 9.74. The van der Waals surface area contributed by atoms with Crippen molar-refractivity contribution in [3.8, 4) is 28.3 Å². The first-order chi connectivity index (χ1) is 19.6. The average molecular weight is 562 g/mol. The number of alkyl carbamates (subject to hydrolysis) is 1. The van der Waals surface area contributed by atoms with Crippen LogP contribution in [0.1, 0.15) is 56.7 Å². The van der Waals surface area contributed by atoms with Crippen LogP contribution in [0.2, 0.25) is 0 Å². The fourth-order valence-corrected chi connectivity index (χ4v) is 5.19. The number of carbonyl (C=O) groups is 1. The summed E-state index contributed by atoms with van der Waals surface area (Å²) in [6, 6.07) is 16.9. The second-order valence-electron chi connectivity index (χ2n) is 11.3. The maximum absolute atomic E-state index is 15.4. The van der Waals surface area contributed by atoms with E-state index in [-0.39, 0.29) is 11.6 Å². The number of likely N-dealkylation sites (tertiary alicyclic amines) is 1. The standard InChI is InChI=1S/C33H37F2N3O3/c1-4-5-14-41-32(39)37-26-12-13-38(21-26)20-23-7-10-27(28-11-6-22(16-31(28)35)18-33(2,3)40)29(15-23)24-8-9-25(19-36)30(34)17-24/h6-11,15-17,26,40H,4-5,12-14,18,20-21H2,1-3H3,(H,37,39)/t26-/m0/s1. The van der Waals surface area contributed by atoms with Crippen molar-refractivity contribution in [1.29, 1.82) is 5.26 Å². The number of hydrogen-bond donors (Lipinski definition) is 2. The summed E-state index contributed by atoms with van der Waals surface area (Å²) in [7, 11) is 0. The maximum Gasteiger partial charge on any atom is 0.407 e. The van der Waals surface area contributed by atoms with Crippen molar-refractivity contribution < 1.29 is 23.4 Å². The number of amides is 1. The minimum absolute atomic E-state index is 0.00741. The van der Waals surface area contributed by atoms with Crippen molar-refractivity contribution in [3.63, 3.8) is 0 Å². The Morgan fingerprint density at radius 1 is 1.07 bits per heavy atom. The Morgan fingerprint density at radius 2 is 1.83 bits per heavy atom. The lowest BCUT2D eigenvalue weighted by Gasteiger charge is -2.20. The zero-order valence-corrected chi connectivity index (χ0v) is 23.8. The average Bonchev–Trinajstić information content (AvgIpc) is 3.34. The summed E-state index contributed by atoms with van der Waals surface area (Å²) in [6.45, 7) is 7.86. The van der Waals surface area contributed by atoms with Crippen LogP contribution in [0.4, 0.5) is 13.6 Å². The van der Waals surface area contributed by atoms with E-state index in [2.05, 4.69) is 10.2 Å². The van der Waals surface area contributed by atoms with Gasteiger partial charge in [0, 0.05) is 37.7 Å². The molecule has 1 aliphatic rings. The molecule has 0 aromatic heterocycles. The van der Waals surface area contributed by atoms with Crippen molar-refractivity contribution in [2.24, 2.45) is 0 Å². The smallest absolute Gasteiger partial charge is 0.407 e. The lowest BCUT2D eigenvalue weighted by atomic mass is 9.90. The molecule has 216 valence electrons. The molecule has 0 unspecified atom stereocenters. The number of aliphatic hydroxyl groups is 1. The van der Waals surface area contributed by atoms with Gasteiger partial charge < -0.3 is 15.2 Å². The molecular weight excluding hydrogens is 524 g/mol. The van der Waals surface area contributed by atoms with Gasteiger partial charge in [0.2, 0.25) is 0 Å². The van der Waals surface area contributed by atoms with Crippen LogP contribution >= 0.6 is 0 Å². The first-order valence-electron chi connectivity index (χ1n) is 14.1. The number of hydrogen-bond acceptors (Lipinski definition) is 5. The van der Waals surface area contributed by atoms with E-state index in [0.717, 1.165) is 31.4 Å². The number of nitriles is 1. The molecule has 2 N–H and O–H groups in total. The highest BCUT2D eigenvalue weighted by Crippen LogP contribution is 2.36. The Bertz CT molecular complexity index is 1430. The number of unbranched alkanes of at least 4 members (excludes halogenated alkanes) is 1. The van der Waals surface area contributed by atoms with Gasteiger partial charge in [-0.25, -0.2) is 13.6 Å². The normalized spacial score (nSPS) is 15.5. The number of carbonyl (C=O) groups excluding carboxylic acids is 1. The van der Waals surface area contributed by atoms with Crippen LogP contribution in [0.25, 0.3) is 22.3 Å². The van der Waals surface area contributed by atoms with Crippen LogP contribution in [0.15, 0.2) is 54.6 Å². The molecule has 1 amide bonds. The van der Waals surface area contributed by atoms with E-state index in [1.54, 1.807) is 32.0 Å². The van der Waals surface area contributed by atoms with Crippen molar-refractivity contribution >= 4 is 6.09 Å². The third kappa shape index (κ3) is 8.12. The fraction of sp³-hybridized carbons (Fsp3) is 0.394. The maximum atomic E-state index is 15.4. The van der Waals surface area contributed by atoms with Gasteiger partial charge >= 0.3 is 6.09 Å². The van der Waals surface area contributed by atoms with Gasteiger partial charge in [-0.1, -0.05) is 43.7 Å². The van der Waals surface area contributed by atoms with Gasteiger partial charge in [-0.2, -0.15) is 5.26 Å². The van der Waals surface area contributed by atoms with Gasteiger partial charge in [-0.3, -0.25) is 4.90 Å². The molecule has 0 saturated carbocycles. The summed E-state index contributed by atoms with van der Waals surface area (Å²) >= 11 is 0. The zero-order chi connectivity index (χ0) is 29.6. The first kappa shape index (κ1) is 30.2. The summed E-state index contributed by atoms with van der Waals surface area (Å²) in [5, 5.41) is 22.3. The summed E-state index contributed by atoms with van der Waals surface area (Å²) in [5.74, 6) is -1.07. The van der Waals surface area contributed by atoms with Gasteiger partial charge in [0.15, 0.2) is 0 Å². The molecule has 6 nitrogen and oxygen atoms in total. The molecule has 8 heteroatoms. The monoisotopic (exact) mass is 561 g/mol. The quantitative estimate of drug-likeness (QED) is 0.273. The minimum atomic E-state index is -0.972. The lowest BCUT2D eigenvalue weighted by molar-refractivity contribution is 0.0809. The van der Waals surface area contributed by atoms with E-state index >= 15 is 4.39 Å². The highest BCUT2D eigenvalue weighted by Gasteiger charge is 2.25. The second kappa shape index (κ2) is 13.2. The van der Waals surface area contributed by atoms with E-state index in [1.807, 2.05) is 31.2 Å². The van der Waals surface area contributed by atoms with E-state index in [0.29, 0.717) is 53.9 Å². The Balaban J connectivity index is 1.59. The predicted molar refractivity (Wildman–Crippen MR) is 155 cm³/mol.